The molecule has 1 saturated carbocycles. The Bertz CT molecular complexity index is 447. The van der Waals surface area contributed by atoms with Gasteiger partial charge in [0, 0.05) is 33.7 Å². The van der Waals surface area contributed by atoms with Crippen LogP contribution in [-0.2, 0) is 0 Å². The van der Waals surface area contributed by atoms with E-state index in [1.54, 1.807) is 7.05 Å². The number of anilines is 3. The van der Waals surface area contributed by atoms with Gasteiger partial charge in [-0.25, -0.2) is 0 Å². The lowest BCUT2D eigenvalue weighted by Gasteiger charge is -2.34. The Balaban J connectivity index is 2.31. The quantitative estimate of drug-likeness (QED) is 0.813. The third-order valence-corrected chi connectivity index (χ3v) is 3.85. The van der Waals surface area contributed by atoms with E-state index in [9.17, 15) is 5.11 Å². The van der Waals surface area contributed by atoms with Crippen molar-refractivity contribution in [3.8, 4) is 0 Å². The highest BCUT2D eigenvalue weighted by molar-refractivity contribution is 5.45. The van der Waals surface area contributed by atoms with Crippen molar-refractivity contribution in [3.63, 3.8) is 0 Å². The van der Waals surface area contributed by atoms with Crippen LogP contribution < -0.4 is 15.1 Å². The Morgan fingerprint density at radius 3 is 2.33 bits per heavy atom. The van der Waals surface area contributed by atoms with Crippen molar-refractivity contribution in [2.45, 2.75) is 38.1 Å². The van der Waals surface area contributed by atoms with Crippen LogP contribution in [0.25, 0.3) is 0 Å². The Morgan fingerprint density at radius 2 is 1.76 bits per heavy atom. The highest BCUT2D eigenvalue weighted by Gasteiger charge is 2.24. The van der Waals surface area contributed by atoms with Gasteiger partial charge in [0.1, 0.15) is 0 Å². The van der Waals surface area contributed by atoms with Crippen LogP contribution in [0.1, 0.15) is 32.1 Å². The molecule has 2 rings (SSSR count). The summed E-state index contributed by atoms with van der Waals surface area (Å²) in [4.78, 5) is 17.4. The molecule has 1 aliphatic rings. The molecular formula is C14H26N6O. The molecular weight excluding hydrogens is 268 g/mol. The van der Waals surface area contributed by atoms with Crippen molar-refractivity contribution in [2.75, 3.05) is 49.4 Å². The van der Waals surface area contributed by atoms with Gasteiger partial charge in [0.15, 0.2) is 0 Å². The Labute approximate surface area is 126 Å². The SMILES string of the molecule is CNc1nc(N(C)C)nc(N(CCO)C2CCCCC2)n1. The lowest BCUT2D eigenvalue weighted by molar-refractivity contribution is 0.288. The number of rotatable bonds is 6. The van der Waals surface area contributed by atoms with Crippen molar-refractivity contribution >= 4 is 17.8 Å². The van der Waals surface area contributed by atoms with Crippen molar-refractivity contribution in [3.05, 3.63) is 0 Å². The van der Waals surface area contributed by atoms with E-state index in [1.165, 1.54) is 19.3 Å². The smallest absolute Gasteiger partial charge is 0.232 e. The molecule has 7 heteroatoms. The van der Waals surface area contributed by atoms with Crippen molar-refractivity contribution in [2.24, 2.45) is 0 Å². The average Bonchev–Trinajstić information content (AvgIpc) is 2.52. The normalized spacial score (nSPS) is 15.8. The second kappa shape index (κ2) is 7.40. The fraction of sp³-hybridized carbons (Fsp3) is 0.786. The van der Waals surface area contributed by atoms with E-state index in [0.717, 1.165) is 12.8 Å². The van der Waals surface area contributed by atoms with E-state index in [4.69, 9.17) is 0 Å². The summed E-state index contributed by atoms with van der Waals surface area (Å²) in [5.74, 6) is 1.84. The number of nitrogens with one attached hydrogen (secondary N) is 1. The maximum atomic E-state index is 9.39. The molecule has 21 heavy (non-hydrogen) atoms. The van der Waals surface area contributed by atoms with Gasteiger partial charge in [0.2, 0.25) is 17.8 Å². The fourth-order valence-corrected chi connectivity index (χ4v) is 2.74. The van der Waals surface area contributed by atoms with Gasteiger partial charge in [-0.05, 0) is 12.8 Å². The summed E-state index contributed by atoms with van der Waals surface area (Å²) in [6.07, 6.45) is 6.04. The highest BCUT2D eigenvalue weighted by Crippen LogP contribution is 2.26. The molecule has 1 heterocycles. The zero-order chi connectivity index (χ0) is 15.2. The van der Waals surface area contributed by atoms with E-state index < -0.39 is 0 Å². The van der Waals surface area contributed by atoms with Crippen LogP contribution in [0.3, 0.4) is 0 Å². The molecule has 7 nitrogen and oxygen atoms in total. The van der Waals surface area contributed by atoms with E-state index >= 15 is 0 Å². The molecule has 0 amide bonds. The molecule has 118 valence electrons. The van der Waals surface area contributed by atoms with Crippen molar-refractivity contribution < 1.29 is 5.11 Å². The number of nitrogens with zero attached hydrogens (tertiary/aromatic N) is 5. The zero-order valence-electron chi connectivity index (χ0n) is 13.2. The van der Waals surface area contributed by atoms with Gasteiger partial charge in [-0.2, -0.15) is 15.0 Å². The van der Waals surface area contributed by atoms with E-state index in [1.807, 2.05) is 19.0 Å². The van der Waals surface area contributed by atoms with Crippen molar-refractivity contribution in [1.82, 2.24) is 15.0 Å². The van der Waals surface area contributed by atoms with Crippen LogP contribution in [0.5, 0.6) is 0 Å². The molecule has 1 fully saturated rings. The molecule has 0 bridgehead atoms. The van der Waals surface area contributed by atoms with Gasteiger partial charge in [-0.1, -0.05) is 19.3 Å². The summed E-state index contributed by atoms with van der Waals surface area (Å²) in [5, 5.41) is 12.4. The van der Waals surface area contributed by atoms with Crippen LogP contribution in [-0.4, -0.2) is 60.4 Å². The van der Waals surface area contributed by atoms with Crippen LogP contribution in [0.2, 0.25) is 0 Å². The summed E-state index contributed by atoms with van der Waals surface area (Å²) in [6.45, 7) is 0.666. The summed E-state index contributed by atoms with van der Waals surface area (Å²) < 4.78 is 0. The summed E-state index contributed by atoms with van der Waals surface area (Å²) in [6, 6.07) is 0.410. The van der Waals surface area contributed by atoms with Crippen LogP contribution in [0, 0.1) is 0 Å². The molecule has 0 atom stereocenters. The molecule has 0 unspecified atom stereocenters. The lowest BCUT2D eigenvalue weighted by atomic mass is 9.94. The number of aliphatic hydroxyl groups is 1. The van der Waals surface area contributed by atoms with Gasteiger partial charge >= 0.3 is 0 Å². The topological polar surface area (TPSA) is 77.4 Å². The summed E-state index contributed by atoms with van der Waals surface area (Å²) in [5.41, 5.74) is 0. The maximum Gasteiger partial charge on any atom is 0.232 e. The Hall–Kier alpha value is -1.63. The molecule has 2 N–H and O–H groups in total. The zero-order valence-corrected chi connectivity index (χ0v) is 13.2. The minimum absolute atomic E-state index is 0.106. The Kier molecular flexibility index (Phi) is 5.55. The molecule has 1 aromatic rings. The predicted molar refractivity (Wildman–Crippen MR) is 85.0 cm³/mol. The van der Waals surface area contributed by atoms with Crippen molar-refractivity contribution in [1.29, 1.82) is 0 Å². The third kappa shape index (κ3) is 3.93. The monoisotopic (exact) mass is 294 g/mol. The van der Waals surface area contributed by atoms with Gasteiger partial charge in [0.05, 0.1) is 6.61 Å². The maximum absolute atomic E-state index is 9.39. The highest BCUT2D eigenvalue weighted by atomic mass is 16.3. The predicted octanol–water partition coefficient (Wildman–Crippen LogP) is 1.11. The van der Waals surface area contributed by atoms with Gasteiger partial charge in [-0.15, -0.1) is 0 Å². The minimum atomic E-state index is 0.106. The molecule has 1 aromatic heterocycles. The molecule has 1 aliphatic carbocycles. The number of hydrogen-bond donors (Lipinski definition) is 2. The van der Waals surface area contributed by atoms with Gasteiger partial charge in [0.25, 0.3) is 0 Å². The van der Waals surface area contributed by atoms with Crippen LogP contribution >= 0.6 is 0 Å². The Morgan fingerprint density at radius 1 is 1.10 bits per heavy atom. The number of aliphatic hydroxyl groups excluding tert-OH is 1. The standard InChI is InChI=1S/C14H26N6O/c1-15-12-16-13(19(2)3)18-14(17-12)20(9-10-21)11-7-5-4-6-8-11/h11,21H,4-10H2,1-3H3,(H,15,16,17,18). The molecule has 0 saturated heterocycles. The third-order valence-electron chi connectivity index (χ3n) is 3.85. The van der Waals surface area contributed by atoms with Gasteiger partial charge in [-0.3, -0.25) is 0 Å². The van der Waals surface area contributed by atoms with Crippen LogP contribution in [0.4, 0.5) is 17.8 Å². The number of hydrogen-bond acceptors (Lipinski definition) is 7. The second-order valence-electron chi connectivity index (χ2n) is 5.61. The molecule has 0 spiro atoms. The van der Waals surface area contributed by atoms with E-state index in [0.29, 0.717) is 30.4 Å². The van der Waals surface area contributed by atoms with Crippen LogP contribution in [0.15, 0.2) is 0 Å². The fourth-order valence-electron chi connectivity index (χ4n) is 2.74. The summed E-state index contributed by atoms with van der Waals surface area (Å²) >= 11 is 0. The summed E-state index contributed by atoms with van der Waals surface area (Å²) in [7, 11) is 5.63. The minimum Gasteiger partial charge on any atom is -0.395 e. The molecule has 0 aromatic carbocycles. The molecule has 0 radical (unpaired) electrons. The molecule has 0 aliphatic heterocycles. The van der Waals surface area contributed by atoms with Gasteiger partial charge < -0.3 is 20.2 Å². The largest absolute Gasteiger partial charge is 0.395 e. The average molecular weight is 294 g/mol. The first-order valence-electron chi connectivity index (χ1n) is 7.64. The first-order valence-corrected chi connectivity index (χ1v) is 7.64. The van der Waals surface area contributed by atoms with E-state index in [2.05, 4.69) is 25.2 Å². The first kappa shape index (κ1) is 15.8. The number of aromatic nitrogens is 3. The first-order chi connectivity index (χ1) is 10.2. The lowest BCUT2D eigenvalue weighted by Crippen LogP contribution is -2.40. The van der Waals surface area contributed by atoms with E-state index in [-0.39, 0.29) is 6.61 Å². The second-order valence-corrected chi connectivity index (χ2v) is 5.61.